The molecule has 2 nitrogen and oxygen atoms in total. The van der Waals surface area contributed by atoms with E-state index in [1.54, 1.807) is 0 Å². The van der Waals surface area contributed by atoms with Gasteiger partial charge >= 0.3 is 6.18 Å². The molecule has 1 aliphatic carbocycles. The van der Waals surface area contributed by atoms with Gasteiger partial charge in [0.1, 0.15) is 0 Å². The fraction of sp³-hybridized carbons (Fsp3) is 0.929. The van der Waals surface area contributed by atoms with Crippen molar-refractivity contribution >= 4 is 0 Å². The Morgan fingerprint density at radius 1 is 1.11 bits per heavy atom. The first-order valence-corrected chi connectivity index (χ1v) is 6.93. The van der Waals surface area contributed by atoms with Crippen molar-refractivity contribution in [3.8, 4) is 6.07 Å². The van der Waals surface area contributed by atoms with Crippen molar-refractivity contribution < 1.29 is 18.3 Å². The molecule has 110 valence electrons. The summed E-state index contributed by atoms with van der Waals surface area (Å²) in [6, 6.07) is 2.21. The van der Waals surface area contributed by atoms with E-state index in [9.17, 15) is 23.5 Å². The molecular formula is C14H22F3NO. The molecule has 0 aromatic carbocycles. The van der Waals surface area contributed by atoms with Gasteiger partial charge in [-0.3, -0.25) is 0 Å². The second-order valence-corrected chi connectivity index (χ2v) is 5.85. The van der Waals surface area contributed by atoms with Crippen molar-refractivity contribution in [1.82, 2.24) is 0 Å². The van der Waals surface area contributed by atoms with Gasteiger partial charge in [0, 0.05) is 6.42 Å². The second kappa shape index (κ2) is 6.13. The van der Waals surface area contributed by atoms with Gasteiger partial charge in [-0.05, 0) is 32.6 Å². The lowest BCUT2D eigenvalue weighted by Crippen LogP contribution is -2.45. The average molecular weight is 277 g/mol. The molecule has 0 spiro atoms. The molecule has 0 aliphatic heterocycles. The minimum absolute atomic E-state index is 0.0278. The number of halogens is 3. The van der Waals surface area contributed by atoms with Crippen LogP contribution in [0, 0.1) is 16.7 Å². The van der Waals surface area contributed by atoms with E-state index in [1.807, 2.05) is 0 Å². The van der Waals surface area contributed by atoms with Crippen LogP contribution in [0.25, 0.3) is 0 Å². The van der Waals surface area contributed by atoms with Crippen LogP contribution in [0.4, 0.5) is 13.2 Å². The Morgan fingerprint density at radius 3 is 2.05 bits per heavy atom. The zero-order chi connectivity index (χ0) is 14.6. The van der Waals surface area contributed by atoms with E-state index >= 15 is 0 Å². The molecule has 1 saturated carbocycles. The highest BCUT2D eigenvalue weighted by Crippen LogP contribution is 2.45. The van der Waals surface area contributed by atoms with Crippen LogP contribution in [0.3, 0.4) is 0 Å². The summed E-state index contributed by atoms with van der Waals surface area (Å²) < 4.78 is 36.5. The lowest BCUT2D eigenvalue weighted by Gasteiger charge is -2.40. The molecule has 1 atom stereocenters. The summed E-state index contributed by atoms with van der Waals surface area (Å²) in [6.07, 6.45) is -0.231. The molecule has 5 heteroatoms. The number of rotatable bonds is 4. The molecule has 0 heterocycles. The summed E-state index contributed by atoms with van der Waals surface area (Å²) >= 11 is 0. The maximum Gasteiger partial charge on any atom is 0.389 e. The maximum absolute atomic E-state index is 12.2. The van der Waals surface area contributed by atoms with Gasteiger partial charge in [-0.15, -0.1) is 0 Å². The molecule has 1 aliphatic rings. The average Bonchev–Trinajstić information content (AvgIpc) is 2.53. The first-order chi connectivity index (χ1) is 8.72. The van der Waals surface area contributed by atoms with Crippen LogP contribution in [0.15, 0.2) is 0 Å². The number of aliphatic hydroxyl groups is 1. The Labute approximate surface area is 112 Å². The second-order valence-electron chi connectivity index (χ2n) is 5.85. The highest BCUT2D eigenvalue weighted by atomic mass is 19.4. The zero-order valence-corrected chi connectivity index (χ0v) is 11.4. The van der Waals surface area contributed by atoms with E-state index in [2.05, 4.69) is 6.07 Å². The standard InChI is InChI=1S/C14H22F3NO/c1-12(19,7-6-10-14(15,16)17)13(11-18)8-4-2-3-5-9-13/h19H,2-10H2,1H3. The van der Waals surface area contributed by atoms with Crippen molar-refractivity contribution in [2.24, 2.45) is 5.41 Å². The SMILES string of the molecule is CC(O)(CCCC(F)(F)F)C1(C#N)CCCCCC1. The van der Waals surface area contributed by atoms with Crippen molar-refractivity contribution in [2.75, 3.05) is 0 Å². The quantitative estimate of drug-likeness (QED) is 0.777. The lowest BCUT2D eigenvalue weighted by molar-refractivity contribution is -0.140. The Morgan fingerprint density at radius 2 is 1.63 bits per heavy atom. The third-order valence-electron chi connectivity index (χ3n) is 4.33. The fourth-order valence-electron chi connectivity index (χ4n) is 2.98. The predicted octanol–water partition coefficient (Wildman–Crippen LogP) is 4.33. The normalized spacial score (nSPS) is 23.2. The number of nitrogens with zero attached hydrogens (tertiary/aromatic N) is 1. The van der Waals surface area contributed by atoms with Crippen LogP contribution < -0.4 is 0 Å². The van der Waals surface area contributed by atoms with Crippen LogP contribution in [0.1, 0.15) is 64.7 Å². The first kappa shape index (κ1) is 16.3. The number of hydrogen-bond donors (Lipinski definition) is 1. The minimum Gasteiger partial charge on any atom is -0.389 e. The largest absolute Gasteiger partial charge is 0.389 e. The maximum atomic E-state index is 12.2. The van der Waals surface area contributed by atoms with Gasteiger partial charge in [0.05, 0.1) is 17.1 Å². The molecule has 1 N–H and O–H groups in total. The van der Waals surface area contributed by atoms with Gasteiger partial charge in [0.25, 0.3) is 0 Å². The summed E-state index contributed by atoms with van der Waals surface area (Å²) in [4.78, 5) is 0. The third-order valence-corrected chi connectivity index (χ3v) is 4.33. The summed E-state index contributed by atoms with van der Waals surface area (Å²) in [5.41, 5.74) is -2.22. The summed E-state index contributed by atoms with van der Waals surface area (Å²) in [5.74, 6) is 0. The summed E-state index contributed by atoms with van der Waals surface area (Å²) in [6.45, 7) is 1.53. The molecule has 19 heavy (non-hydrogen) atoms. The van der Waals surface area contributed by atoms with Gasteiger partial charge in [0.2, 0.25) is 0 Å². The molecule has 1 unspecified atom stereocenters. The Hall–Kier alpha value is -0.760. The van der Waals surface area contributed by atoms with Crippen molar-refractivity contribution in [2.45, 2.75) is 76.5 Å². The van der Waals surface area contributed by atoms with Crippen molar-refractivity contribution in [3.05, 3.63) is 0 Å². The van der Waals surface area contributed by atoms with Crippen LogP contribution >= 0.6 is 0 Å². The molecule has 1 rings (SSSR count). The molecule has 0 bridgehead atoms. The number of hydrogen-bond acceptors (Lipinski definition) is 2. The van der Waals surface area contributed by atoms with Crippen molar-refractivity contribution in [3.63, 3.8) is 0 Å². The fourth-order valence-corrected chi connectivity index (χ4v) is 2.98. The van der Waals surface area contributed by atoms with E-state index < -0.39 is 23.6 Å². The highest BCUT2D eigenvalue weighted by Gasteiger charge is 2.47. The highest BCUT2D eigenvalue weighted by molar-refractivity contribution is 5.10. The smallest absolute Gasteiger partial charge is 0.389 e. The monoisotopic (exact) mass is 277 g/mol. The van der Waals surface area contributed by atoms with Gasteiger partial charge in [-0.1, -0.05) is 25.7 Å². The van der Waals surface area contributed by atoms with Crippen molar-refractivity contribution in [1.29, 1.82) is 5.26 Å². The van der Waals surface area contributed by atoms with Gasteiger partial charge in [-0.2, -0.15) is 18.4 Å². The molecule has 0 amide bonds. The molecular weight excluding hydrogens is 255 g/mol. The predicted molar refractivity (Wildman–Crippen MR) is 66.3 cm³/mol. The molecule has 0 aromatic heterocycles. The van der Waals surface area contributed by atoms with Gasteiger partial charge < -0.3 is 5.11 Å². The molecule has 0 saturated heterocycles. The minimum atomic E-state index is -4.20. The Kier molecular flexibility index (Phi) is 5.26. The zero-order valence-electron chi connectivity index (χ0n) is 11.4. The van der Waals surface area contributed by atoms with E-state index in [0.717, 1.165) is 25.7 Å². The number of nitriles is 1. The third kappa shape index (κ3) is 4.38. The molecule has 1 fully saturated rings. The van der Waals surface area contributed by atoms with E-state index in [1.165, 1.54) is 6.92 Å². The number of alkyl halides is 3. The first-order valence-electron chi connectivity index (χ1n) is 6.93. The van der Waals surface area contributed by atoms with Crippen LogP contribution in [0.2, 0.25) is 0 Å². The van der Waals surface area contributed by atoms with Crippen LogP contribution in [-0.2, 0) is 0 Å². The topological polar surface area (TPSA) is 44.0 Å². The Bertz CT molecular complexity index is 323. The van der Waals surface area contributed by atoms with Gasteiger partial charge in [0.15, 0.2) is 0 Å². The summed E-state index contributed by atoms with van der Waals surface area (Å²) in [5, 5.41) is 20.0. The lowest BCUT2D eigenvalue weighted by atomic mass is 9.67. The molecule has 0 radical (unpaired) electrons. The van der Waals surface area contributed by atoms with E-state index in [-0.39, 0.29) is 12.8 Å². The Balaban J connectivity index is 2.69. The molecule has 0 aromatic rings. The van der Waals surface area contributed by atoms with E-state index in [4.69, 9.17) is 0 Å². The van der Waals surface area contributed by atoms with E-state index in [0.29, 0.717) is 12.8 Å². The summed E-state index contributed by atoms with van der Waals surface area (Å²) in [7, 11) is 0. The van der Waals surface area contributed by atoms with Crippen LogP contribution in [0.5, 0.6) is 0 Å². The van der Waals surface area contributed by atoms with Crippen LogP contribution in [-0.4, -0.2) is 16.9 Å². The van der Waals surface area contributed by atoms with Gasteiger partial charge in [-0.25, -0.2) is 0 Å².